The molecule has 90 valence electrons. The van der Waals surface area contributed by atoms with Gasteiger partial charge < -0.3 is 4.98 Å². The topological polar surface area (TPSA) is 28.7 Å². The van der Waals surface area contributed by atoms with Gasteiger partial charge in [-0.15, -0.1) is 0 Å². The van der Waals surface area contributed by atoms with Crippen molar-refractivity contribution in [1.29, 1.82) is 0 Å². The van der Waals surface area contributed by atoms with Crippen molar-refractivity contribution in [3.8, 4) is 11.4 Å². The molecule has 0 bridgehead atoms. The van der Waals surface area contributed by atoms with Crippen molar-refractivity contribution in [2.24, 2.45) is 0 Å². The highest BCUT2D eigenvalue weighted by Gasteiger charge is 2.09. The van der Waals surface area contributed by atoms with Gasteiger partial charge in [0, 0.05) is 10.6 Å². The molecule has 0 aliphatic rings. The molecule has 1 N–H and O–H groups in total. The minimum absolute atomic E-state index is 0.753. The lowest BCUT2D eigenvalue weighted by Crippen LogP contribution is -1.85. The van der Waals surface area contributed by atoms with E-state index in [2.05, 4.69) is 23.0 Å². The summed E-state index contributed by atoms with van der Waals surface area (Å²) in [7, 11) is 0. The van der Waals surface area contributed by atoms with Gasteiger partial charge >= 0.3 is 0 Å². The molecule has 0 fully saturated rings. The number of benzene rings is 2. The van der Waals surface area contributed by atoms with Crippen molar-refractivity contribution < 1.29 is 0 Å². The van der Waals surface area contributed by atoms with Gasteiger partial charge in [-0.1, -0.05) is 23.7 Å². The molecule has 0 saturated carbocycles. The molecule has 1 aromatic heterocycles. The molecule has 0 aliphatic carbocycles. The molecule has 3 heteroatoms. The average molecular weight is 257 g/mol. The van der Waals surface area contributed by atoms with Crippen LogP contribution >= 0.6 is 11.6 Å². The molecule has 0 radical (unpaired) electrons. The van der Waals surface area contributed by atoms with Gasteiger partial charge in [0.05, 0.1) is 11.0 Å². The van der Waals surface area contributed by atoms with Crippen LogP contribution in [0.25, 0.3) is 22.4 Å². The summed E-state index contributed by atoms with van der Waals surface area (Å²) in [5.41, 5.74) is 5.50. The standard InChI is InChI=1S/C15H13ClN2/c1-9-4-3-5-13-14(9)18-15(17-13)12-7-6-11(16)8-10(12)2/h3-8H,1-2H3,(H,17,18). The van der Waals surface area contributed by atoms with Crippen LogP contribution in [0.5, 0.6) is 0 Å². The van der Waals surface area contributed by atoms with Crippen LogP contribution in [-0.2, 0) is 0 Å². The molecular formula is C15H13ClN2. The van der Waals surface area contributed by atoms with Gasteiger partial charge in [0.2, 0.25) is 0 Å². The molecule has 0 amide bonds. The number of H-pyrrole nitrogens is 1. The molecule has 0 saturated heterocycles. The van der Waals surface area contributed by atoms with Gasteiger partial charge in [-0.2, -0.15) is 0 Å². The zero-order valence-electron chi connectivity index (χ0n) is 10.3. The van der Waals surface area contributed by atoms with E-state index in [1.165, 1.54) is 5.56 Å². The monoisotopic (exact) mass is 256 g/mol. The van der Waals surface area contributed by atoms with Gasteiger partial charge in [-0.25, -0.2) is 4.98 Å². The van der Waals surface area contributed by atoms with Gasteiger partial charge in [0.15, 0.2) is 0 Å². The van der Waals surface area contributed by atoms with Crippen molar-refractivity contribution in [2.75, 3.05) is 0 Å². The number of hydrogen-bond donors (Lipinski definition) is 1. The smallest absolute Gasteiger partial charge is 0.138 e. The van der Waals surface area contributed by atoms with Gasteiger partial charge in [-0.3, -0.25) is 0 Å². The normalized spacial score (nSPS) is 11.1. The average Bonchev–Trinajstić information content (AvgIpc) is 2.74. The summed E-state index contributed by atoms with van der Waals surface area (Å²) in [6.45, 7) is 4.11. The van der Waals surface area contributed by atoms with E-state index in [1.807, 2.05) is 37.3 Å². The molecule has 18 heavy (non-hydrogen) atoms. The number of nitrogens with zero attached hydrogens (tertiary/aromatic N) is 1. The van der Waals surface area contributed by atoms with E-state index in [9.17, 15) is 0 Å². The third-order valence-electron chi connectivity index (χ3n) is 3.16. The first kappa shape index (κ1) is 11.3. The Morgan fingerprint density at radius 3 is 2.61 bits per heavy atom. The van der Waals surface area contributed by atoms with Crippen LogP contribution in [0.1, 0.15) is 11.1 Å². The van der Waals surface area contributed by atoms with Crippen molar-refractivity contribution in [3.63, 3.8) is 0 Å². The summed E-state index contributed by atoms with van der Waals surface area (Å²) in [6.07, 6.45) is 0. The molecule has 0 unspecified atom stereocenters. The second-order valence-electron chi connectivity index (χ2n) is 4.52. The summed E-state index contributed by atoms with van der Waals surface area (Å²) < 4.78 is 0. The van der Waals surface area contributed by atoms with E-state index in [0.29, 0.717) is 0 Å². The molecular weight excluding hydrogens is 244 g/mol. The molecule has 3 rings (SSSR count). The number of para-hydroxylation sites is 1. The number of nitrogens with one attached hydrogen (secondary N) is 1. The highest BCUT2D eigenvalue weighted by molar-refractivity contribution is 6.30. The summed E-state index contributed by atoms with van der Waals surface area (Å²) in [5, 5.41) is 0.753. The van der Waals surface area contributed by atoms with Crippen LogP contribution in [-0.4, -0.2) is 9.97 Å². The molecule has 0 spiro atoms. The molecule has 2 aromatic carbocycles. The molecule has 0 aliphatic heterocycles. The lowest BCUT2D eigenvalue weighted by molar-refractivity contribution is 1.30. The lowest BCUT2D eigenvalue weighted by Gasteiger charge is -2.02. The van der Waals surface area contributed by atoms with Crippen molar-refractivity contribution in [2.45, 2.75) is 13.8 Å². The summed E-state index contributed by atoms with van der Waals surface area (Å²) >= 11 is 5.98. The molecule has 1 heterocycles. The van der Waals surface area contributed by atoms with Crippen LogP contribution in [0.4, 0.5) is 0 Å². The van der Waals surface area contributed by atoms with Crippen molar-refractivity contribution >= 4 is 22.6 Å². The Kier molecular flexibility index (Phi) is 2.60. The summed E-state index contributed by atoms with van der Waals surface area (Å²) in [5.74, 6) is 0.897. The molecule has 2 nitrogen and oxygen atoms in total. The largest absolute Gasteiger partial charge is 0.338 e. The van der Waals surface area contributed by atoms with E-state index in [0.717, 1.165) is 33.0 Å². The van der Waals surface area contributed by atoms with Crippen molar-refractivity contribution in [1.82, 2.24) is 9.97 Å². The number of aromatic nitrogens is 2. The minimum Gasteiger partial charge on any atom is -0.338 e. The first-order chi connectivity index (χ1) is 8.65. The van der Waals surface area contributed by atoms with E-state index in [1.54, 1.807) is 0 Å². The number of rotatable bonds is 1. The second-order valence-corrected chi connectivity index (χ2v) is 4.95. The Morgan fingerprint density at radius 1 is 1.06 bits per heavy atom. The predicted molar refractivity (Wildman–Crippen MR) is 76.0 cm³/mol. The lowest BCUT2D eigenvalue weighted by atomic mass is 10.1. The fraction of sp³-hybridized carbons (Fsp3) is 0.133. The number of aromatic amines is 1. The Hall–Kier alpha value is -1.80. The maximum atomic E-state index is 5.98. The van der Waals surface area contributed by atoms with Crippen molar-refractivity contribution in [3.05, 3.63) is 52.5 Å². The maximum absolute atomic E-state index is 5.98. The SMILES string of the molecule is Cc1cc(Cl)ccc1-c1nc2c(C)cccc2[nH]1. The Labute approximate surface area is 111 Å². The molecule has 0 atom stereocenters. The number of hydrogen-bond acceptors (Lipinski definition) is 1. The quantitative estimate of drug-likeness (QED) is 0.682. The predicted octanol–water partition coefficient (Wildman–Crippen LogP) is 4.50. The highest BCUT2D eigenvalue weighted by Crippen LogP contribution is 2.26. The number of fused-ring (bicyclic) bond motifs is 1. The van der Waals surface area contributed by atoms with E-state index in [-0.39, 0.29) is 0 Å². The fourth-order valence-corrected chi connectivity index (χ4v) is 2.42. The number of aryl methyl sites for hydroxylation is 2. The fourth-order valence-electron chi connectivity index (χ4n) is 2.20. The number of imidazole rings is 1. The first-order valence-electron chi connectivity index (χ1n) is 5.87. The van der Waals surface area contributed by atoms with E-state index < -0.39 is 0 Å². The van der Waals surface area contributed by atoms with Crippen LogP contribution in [0.3, 0.4) is 0 Å². The van der Waals surface area contributed by atoms with Crippen LogP contribution in [0.15, 0.2) is 36.4 Å². The first-order valence-corrected chi connectivity index (χ1v) is 6.25. The number of halogens is 1. The second kappa shape index (κ2) is 4.14. The maximum Gasteiger partial charge on any atom is 0.138 e. The third-order valence-corrected chi connectivity index (χ3v) is 3.39. The summed E-state index contributed by atoms with van der Waals surface area (Å²) in [4.78, 5) is 8.03. The Morgan fingerprint density at radius 2 is 1.89 bits per heavy atom. The van der Waals surface area contributed by atoms with Gasteiger partial charge in [0.25, 0.3) is 0 Å². The van der Waals surface area contributed by atoms with Crippen LogP contribution < -0.4 is 0 Å². The van der Waals surface area contributed by atoms with E-state index in [4.69, 9.17) is 11.6 Å². The Bertz CT molecular complexity index is 728. The zero-order valence-corrected chi connectivity index (χ0v) is 11.0. The van der Waals surface area contributed by atoms with Crippen LogP contribution in [0.2, 0.25) is 5.02 Å². The summed E-state index contributed by atoms with van der Waals surface area (Å²) in [6, 6.07) is 12.0. The van der Waals surface area contributed by atoms with E-state index >= 15 is 0 Å². The van der Waals surface area contributed by atoms with Gasteiger partial charge in [-0.05, 0) is 49.2 Å². The van der Waals surface area contributed by atoms with Crippen LogP contribution in [0, 0.1) is 13.8 Å². The van der Waals surface area contributed by atoms with Gasteiger partial charge in [0.1, 0.15) is 5.82 Å². The third kappa shape index (κ3) is 1.79. The highest BCUT2D eigenvalue weighted by atomic mass is 35.5. The Balaban J connectivity index is 2.23. The minimum atomic E-state index is 0.753. The molecule has 3 aromatic rings. The zero-order chi connectivity index (χ0) is 12.7.